The van der Waals surface area contributed by atoms with Crippen LogP contribution in [0.2, 0.25) is 0 Å². The van der Waals surface area contributed by atoms with Gasteiger partial charge in [0.05, 0.1) is 16.4 Å². The third kappa shape index (κ3) is 7.67. The average Bonchev–Trinajstić information content (AvgIpc) is 3.28. The van der Waals surface area contributed by atoms with Gasteiger partial charge in [0.15, 0.2) is 18.1 Å². The lowest BCUT2D eigenvalue weighted by atomic mass is 10.2. The lowest BCUT2D eigenvalue weighted by Crippen LogP contribution is -2.41. The van der Waals surface area contributed by atoms with Crippen LogP contribution in [0, 0.1) is 3.57 Å². The molecule has 9 nitrogen and oxygen atoms in total. The Bertz CT molecular complexity index is 824. The summed E-state index contributed by atoms with van der Waals surface area (Å²) in [5, 5.41) is 6.42. The second-order valence-corrected chi connectivity index (χ2v) is 8.28. The minimum atomic E-state index is -0.836. The molecular formula is C21H29IN4O5. The van der Waals surface area contributed by atoms with Crippen molar-refractivity contribution in [3.8, 4) is 11.5 Å². The average molecular weight is 544 g/mol. The Morgan fingerprint density at radius 2 is 1.90 bits per heavy atom. The van der Waals surface area contributed by atoms with Gasteiger partial charge in [-0.05, 0) is 73.4 Å². The number of benzene rings is 1. The first kappa shape index (κ1) is 24.9. The normalized spacial score (nSPS) is 14.4. The Morgan fingerprint density at radius 1 is 1.19 bits per heavy atom. The maximum absolute atomic E-state index is 12.3. The number of hydrazone groups is 1. The highest BCUT2D eigenvalue weighted by atomic mass is 127. The van der Waals surface area contributed by atoms with Crippen LogP contribution in [0.4, 0.5) is 0 Å². The number of hydrogen-bond donors (Lipinski definition) is 2. The van der Waals surface area contributed by atoms with E-state index in [-0.39, 0.29) is 18.6 Å². The molecule has 1 aliphatic rings. The Kier molecular flexibility index (Phi) is 10.0. The smallest absolute Gasteiger partial charge is 0.329 e. The number of nitrogens with one attached hydrogen (secondary N) is 2. The van der Waals surface area contributed by atoms with Gasteiger partial charge in [-0.3, -0.25) is 14.4 Å². The highest BCUT2D eigenvalue weighted by Crippen LogP contribution is 2.34. The van der Waals surface area contributed by atoms with Crippen molar-refractivity contribution in [2.24, 2.45) is 5.10 Å². The van der Waals surface area contributed by atoms with E-state index >= 15 is 0 Å². The second kappa shape index (κ2) is 12.5. The van der Waals surface area contributed by atoms with Gasteiger partial charge in [-0.1, -0.05) is 6.92 Å². The summed E-state index contributed by atoms with van der Waals surface area (Å²) in [7, 11) is 0. The third-order valence-electron chi connectivity index (χ3n) is 4.71. The van der Waals surface area contributed by atoms with Gasteiger partial charge in [0.2, 0.25) is 0 Å². The van der Waals surface area contributed by atoms with Crippen molar-refractivity contribution in [1.29, 1.82) is 0 Å². The van der Waals surface area contributed by atoms with Crippen LogP contribution < -0.4 is 20.2 Å². The molecule has 0 aliphatic carbocycles. The fourth-order valence-electron chi connectivity index (χ4n) is 2.86. The topological polar surface area (TPSA) is 109 Å². The first-order chi connectivity index (χ1) is 14.8. The molecule has 0 saturated carbocycles. The lowest BCUT2D eigenvalue weighted by Gasteiger charge is -2.18. The number of amides is 3. The van der Waals surface area contributed by atoms with E-state index in [0.29, 0.717) is 23.7 Å². The number of likely N-dealkylation sites (tertiary alicyclic amines) is 1. The quantitative estimate of drug-likeness (QED) is 0.214. The zero-order valence-electron chi connectivity index (χ0n) is 18.1. The maximum atomic E-state index is 12.3. The van der Waals surface area contributed by atoms with Crippen LogP contribution in [0.1, 0.15) is 45.6 Å². The number of halogens is 1. The number of hydrogen-bond acceptors (Lipinski definition) is 6. The van der Waals surface area contributed by atoms with Crippen LogP contribution in [0.5, 0.6) is 11.5 Å². The molecule has 3 amide bonds. The fourth-order valence-corrected chi connectivity index (χ4v) is 3.65. The van der Waals surface area contributed by atoms with Crippen molar-refractivity contribution in [2.45, 2.75) is 46.1 Å². The van der Waals surface area contributed by atoms with E-state index in [1.807, 2.05) is 20.8 Å². The standard InChI is InChI=1S/C21H29IN4O5/c1-4-14(3)24-20(28)21(29)25-23-12-15-10-16(22)19(17(11-15)30-5-2)31-13-18(27)26-8-6-7-9-26/h10-12,14H,4-9,13H2,1-3H3,(H,24,28)(H,25,29)/b23-12-/t14-/m1/s1. The van der Waals surface area contributed by atoms with E-state index in [2.05, 4.69) is 38.4 Å². The van der Waals surface area contributed by atoms with Crippen LogP contribution in [0.25, 0.3) is 0 Å². The highest BCUT2D eigenvalue weighted by Gasteiger charge is 2.20. The SMILES string of the molecule is CCOc1cc(/C=N\NC(=O)C(=O)N[C@H](C)CC)cc(I)c1OCC(=O)N1CCCC1. The second-order valence-electron chi connectivity index (χ2n) is 7.12. The molecule has 2 rings (SSSR count). The largest absolute Gasteiger partial charge is 0.490 e. The van der Waals surface area contributed by atoms with Gasteiger partial charge >= 0.3 is 11.8 Å². The number of carbonyl (C=O) groups is 3. The molecule has 0 aromatic heterocycles. The van der Waals surface area contributed by atoms with Gasteiger partial charge in [-0.15, -0.1) is 0 Å². The minimum absolute atomic E-state index is 0.0419. The Hall–Kier alpha value is -2.37. The molecule has 2 N–H and O–H groups in total. The molecule has 1 aromatic rings. The van der Waals surface area contributed by atoms with Crippen LogP contribution in [0.15, 0.2) is 17.2 Å². The number of ether oxygens (including phenoxy) is 2. The number of carbonyl (C=O) groups excluding carboxylic acids is 3. The van der Waals surface area contributed by atoms with E-state index in [9.17, 15) is 14.4 Å². The third-order valence-corrected chi connectivity index (χ3v) is 5.51. The lowest BCUT2D eigenvalue weighted by molar-refractivity contribution is -0.139. The molecule has 10 heteroatoms. The highest BCUT2D eigenvalue weighted by molar-refractivity contribution is 14.1. The van der Waals surface area contributed by atoms with E-state index in [0.717, 1.165) is 35.9 Å². The fraction of sp³-hybridized carbons (Fsp3) is 0.524. The number of nitrogens with zero attached hydrogens (tertiary/aromatic N) is 2. The Morgan fingerprint density at radius 3 is 2.55 bits per heavy atom. The zero-order chi connectivity index (χ0) is 22.8. The monoisotopic (exact) mass is 544 g/mol. The van der Waals surface area contributed by atoms with Crippen LogP contribution in [0.3, 0.4) is 0 Å². The Labute approximate surface area is 196 Å². The summed E-state index contributed by atoms with van der Waals surface area (Å²) >= 11 is 2.10. The van der Waals surface area contributed by atoms with Gasteiger partial charge in [-0.2, -0.15) is 5.10 Å². The van der Waals surface area contributed by atoms with Gasteiger partial charge < -0.3 is 19.7 Å². The summed E-state index contributed by atoms with van der Waals surface area (Å²) in [6.07, 6.45) is 4.19. The molecule has 0 radical (unpaired) electrons. The molecule has 1 aliphatic heterocycles. The van der Waals surface area contributed by atoms with Crippen LogP contribution in [-0.4, -0.2) is 61.2 Å². The van der Waals surface area contributed by atoms with E-state index < -0.39 is 11.8 Å². The summed E-state index contributed by atoms with van der Waals surface area (Å²) in [5.74, 6) is -0.644. The summed E-state index contributed by atoms with van der Waals surface area (Å²) in [5.41, 5.74) is 2.86. The summed E-state index contributed by atoms with van der Waals surface area (Å²) < 4.78 is 12.2. The predicted octanol–water partition coefficient (Wildman–Crippen LogP) is 2.06. The van der Waals surface area contributed by atoms with Crippen molar-refractivity contribution in [3.05, 3.63) is 21.3 Å². The first-order valence-electron chi connectivity index (χ1n) is 10.4. The minimum Gasteiger partial charge on any atom is -0.490 e. The molecule has 31 heavy (non-hydrogen) atoms. The van der Waals surface area contributed by atoms with Gasteiger partial charge in [-0.25, -0.2) is 5.43 Å². The summed E-state index contributed by atoms with van der Waals surface area (Å²) in [6, 6.07) is 3.39. The molecule has 0 spiro atoms. The van der Waals surface area contributed by atoms with Gasteiger partial charge in [0.25, 0.3) is 5.91 Å². The molecule has 1 saturated heterocycles. The van der Waals surface area contributed by atoms with Crippen molar-refractivity contribution >= 4 is 46.5 Å². The zero-order valence-corrected chi connectivity index (χ0v) is 20.2. The maximum Gasteiger partial charge on any atom is 0.329 e. The molecule has 1 atom stereocenters. The van der Waals surface area contributed by atoms with Crippen LogP contribution in [-0.2, 0) is 14.4 Å². The molecule has 1 fully saturated rings. The summed E-state index contributed by atoms with van der Waals surface area (Å²) in [4.78, 5) is 37.6. The molecule has 1 heterocycles. The molecule has 0 bridgehead atoms. The summed E-state index contributed by atoms with van der Waals surface area (Å²) in [6.45, 7) is 7.48. The molecule has 1 aromatic carbocycles. The van der Waals surface area contributed by atoms with E-state index in [1.165, 1.54) is 6.21 Å². The number of rotatable bonds is 9. The van der Waals surface area contributed by atoms with Crippen LogP contribution >= 0.6 is 22.6 Å². The molecular weight excluding hydrogens is 515 g/mol. The van der Waals surface area contributed by atoms with Crippen molar-refractivity contribution in [1.82, 2.24) is 15.6 Å². The van der Waals surface area contributed by atoms with Gasteiger partial charge in [0.1, 0.15) is 0 Å². The molecule has 170 valence electrons. The van der Waals surface area contributed by atoms with Crippen molar-refractivity contribution < 1.29 is 23.9 Å². The first-order valence-corrected chi connectivity index (χ1v) is 11.4. The predicted molar refractivity (Wildman–Crippen MR) is 125 cm³/mol. The van der Waals surface area contributed by atoms with Gasteiger partial charge in [0, 0.05) is 19.1 Å². The van der Waals surface area contributed by atoms with E-state index in [4.69, 9.17) is 9.47 Å². The molecule has 0 unspecified atom stereocenters. The van der Waals surface area contributed by atoms with E-state index in [1.54, 1.807) is 17.0 Å². The van der Waals surface area contributed by atoms with Crippen molar-refractivity contribution in [3.63, 3.8) is 0 Å². The Balaban J connectivity index is 2.03. The van der Waals surface area contributed by atoms with Crippen molar-refractivity contribution in [2.75, 3.05) is 26.3 Å².